The van der Waals surface area contributed by atoms with E-state index in [1.54, 1.807) is 0 Å². The second-order valence-electron chi connectivity index (χ2n) is 18.0. The first-order valence-corrected chi connectivity index (χ1v) is 23.8. The monoisotopic (exact) mass is 875 g/mol. The Morgan fingerprint density at radius 2 is 0.652 bits per heavy atom. The van der Waals surface area contributed by atoms with E-state index < -0.39 is 0 Å². The fourth-order valence-electron chi connectivity index (χ4n) is 10.7. The normalized spacial score (nSPS) is 11.5. The summed E-state index contributed by atoms with van der Waals surface area (Å²) in [5.41, 5.74) is 15.3. The first kappa shape index (κ1) is 40.3. The van der Waals surface area contributed by atoms with Crippen LogP contribution in [0.25, 0.3) is 109 Å². The molecule has 0 aliphatic rings. The van der Waals surface area contributed by atoms with Crippen LogP contribution in [0.5, 0.6) is 0 Å². The number of hydrogen-bond acceptors (Lipinski definition) is 1. The minimum absolute atomic E-state index is 1.09. The second kappa shape index (κ2) is 17.0. The molecule has 1 heteroatoms. The van der Waals surface area contributed by atoms with Gasteiger partial charge >= 0.3 is 0 Å². The van der Waals surface area contributed by atoms with Crippen molar-refractivity contribution in [3.05, 3.63) is 273 Å². The summed E-state index contributed by atoms with van der Waals surface area (Å²) in [5.74, 6) is 0. The minimum Gasteiger partial charge on any atom is -0.310 e. The van der Waals surface area contributed by atoms with Crippen LogP contribution in [0, 0.1) is 0 Å². The molecule has 322 valence electrons. The summed E-state index contributed by atoms with van der Waals surface area (Å²) in [4.78, 5) is 2.39. The van der Waals surface area contributed by atoms with E-state index in [9.17, 15) is 0 Å². The number of nitrogens with zero attached hydrogens (tertiary/aromatic N) is 1. The number of hydrogen-bond donors (Lipinski definition) is 0. The number of anilines is 3. The van der Waals surface area contributed by atoms with E-state index in [1.807, 2.05) is 0 Å². The maximum absolute atomic E-state index is 2.42. The summed E-state index contributed by atoms with van der Waals surface area (Å²) in [6.07, 6.45) is 0. The van der Waals surface area contributed by atoms with Crippen molar-refractivity contribution in [1.82, 2.24) is 0 Å². The topological polar surface area (TPSA) is 3.24 Å². The van der Waals surface area contributed by atoms with Gasteiger partial charge in [-0.25, -0.2) is 0 Å². The zero-order chi connectivity index (χ0) is 45.7. The highest BCUT2D eigenvalue weighted by Gasteiger charge is 2.20. The third-order valence-corrected chi connectivity index (χ3v) is 14.0. The van der Waals surface area contributed by atoms with Crippen molar-refractivity contribution in [3.63, 3.8) is 0 Å². The van der Waals surface area contributed by atoms with Crippen LogP contribution in [0.1, 0.15) is 0 Å². The smallest absolute Gasteiger partial charge is 0.0467 e. The van der Waals surface area contributed by atoms with E-state index >= 15 is 0 Å². The van der Waals surface area contributed by atoms with Crippen LogP contribution in [-0.4, -0.2) is 0 Å². The average molecular weight is 876 g/mol. The summed E-state index contributed by atoms with van der Waals surface area (Å²) in [5, 5.41) is 12.5. The Morgan fingerprint density at radius 1 is 0.188 bits per heavy atom. The Morgan fingerprint density at radius 3 is 1.39 bits per heavy atom. The van der Waals surface area contributed by atoms with E-state index in [0.29, 0.717) is 0 Å². The second-order valence-corrected chi connectivity index (χ2v) is 18.0. The molecule has 13 aromatic carbocycles. The van der Waals surface area contributed by atoms with Crippen LogP contribution in [0.15, 0.2) is 273 Å². The van der Waals surface area contributed by atoms with E-state index in [-0.39, 0.29) is 0 Å². The highest BCUT2D eigenvalue weighted by atomic mass is 15.1. The fraction of sp³-hybridized carbons (Fsp3) is 0. The molecule has 0 unspecified atom stereocenters. The predicted molar refractivity (Wildman–Crippen MR) is 296 cm³/mol. The lowest BCUT2D eigenvalue weighted by molar-refractivity contribution is 1.28. The Balaban J connectivity index is 0.954. The van der Waals surface area contributed by atoms with Crippen LogP contribution >= 0.6 is 0 Å². The maximum atomic E-state index is 2.42. The zero-order valence-electron chi connectivity index (χ0n) is 37.9. The summed E-state index contributed by atoms with van der Waals surface area (Å²) in [6, 6.07) is 100. The Bertz CT molecular complexity index is 4040. The zero-order valence-corrected chi connectivity index (χ0v) is 37.9. The van der Waals surface area contributed by atoms with E-state index in [2.05, 4.69) is 278 Å². The van der Waals surface area contributed by atoms with Crippen molar-refractivity contribution in [2.24, 2.45) is 0 Å². The lowest BCUT2D eigenvalue weighted by atomic mass is 9.84. The predicted octanol–water partition coefficient (Wildman–Crippen LogP) is 19.3. The van der Waals surface area contributed by atoms with Gasteiger partial charge in [0.1, 0.15) is 0 Å². The number of benzene rings is 13. The molecule has 0 spiro atoms. The molecule has 0 heterocycles. The SMILES string of the molecule is c1ccc(-c2c(-c3ccccc3)c3cc(-c4cccc(N(c5ccc(-c6ccc7ccccc7c6)cc5)c5ccc(-c6cccc7c6ccc6ccccc67)cc5)c4)ccc3c3ccccc23)cc1. The van der Waals surface area contributed by atoms with Gasteiger partial charge in [0.2, 0.25) is 0 Å². The molecule has 0 amide bonds. The maximum Gasteiger partial charge on any atom is 0.0467 e. The first-order valence-electron chi connectivity index (χ1n) is 23.8. The highest BCUT2D eigenvalue weighted by Crippen LogP contribution is 2.46. The lowest BCUT2D eigenvalue weighted by Crippen LogP contribution is -2.10. The largest absolute Gasteiger partial charge is 0.310 e. The molecule has 0 aromatic heterocycles. The molecule has 13 aromatic rings. The molecule has 0 bridgehead atoms. The third kappa shape index (κ3) is 7.20. The van der Waals surface area contributed by atoms with Crippen LogP contribution < -0.4 is 4.90 Å². The molecule has 0 fully saturated rings. The van der Waals surface area contributed by atoms with E-state index in [4.69, 9.17) is 0 Å². The average Bonchev–Trinajstić information content (AvgIpc) is 3.43. The van der Waals surface area contributed by atoms with Gasteiger partial charge < -0.3 is 4.90 Å². The Hall–Kier alpha value is -9.04. The molecular weight excluding hydrogens is 831 g/mol. The quantitative estimate of drug-likeness (QED) is 0.138. The molecule has 0 radical (unpaired) electrons. The van der Waals surface area contributed by atoms with Gasteiger partial charge in [0.05, 0.1) is 0 Å². The summed E-state index contributed by atoms with van der Waals surface area (Å²) in [6.45, 7) is 0. The minimum atomic E-state index is 1.09. The van der Waals surface area contributed by atoms with Crippen molar-refractivity contribution < 1.29 is 0 Å². The van der Waals surface area contributed by atoms with Gasteiger partial charge in [0.15, 0.2) is 0 Å². The highest BCUT2D eigenvalue weighted by molar-refractivity contribution is 6.22. The molecule has 69 heavy (non-hydrogen) atoms. The van der Waals surface area contributed by atoms with Gasteiger partial charge in [-0.3, -0.25) is 0 Å². The van der Waals surface area contributed by atoms with E-state index in [1.165, 1.54) is 104 Å². The lowest BCUT2D eigenvalue weighted by Gasteiger charge is -2.26. The van der Waals surface area contributed by atoms with Crippen LogP contribution in [-0.2, 0) is 0 Å². The van der Waals surface area contributed by atoms with Crippen LogP contribution in [0.2, 0.25) is 0 Å². The van der Waals surface area contributed by atoms with Crippen molar-refractivity contribution in [2.45, 2.75) is 0 Å². The van der Waals surface area contributed by atoms with Gasteiger partial charge in [0.25, 0.3) is 0 Å². The van der Waals surface area contributed by atoms with Crippen molar-refractivity contribution in [2.75, 3.05) is 4.90 Å². The summed E-state index contributed by atoms with van der Waals surface area (Å²) in [7, 11) is 0. The van der Waals surface area contributed by atoms with Crippen molar-refractivity contribution in [3.8, 4) is 55.6 Å². The molecule has 0 saturated carbocycles. The number of fused-ring (bicyclic) bond motifs is 7. The van der Waals surface area contributed by atoms with Gasteiger partial charge in [0, 0.05) is 17.1 Å². The van der Waals surface area contributed by atoms with E-state index in [0.717, 1.165) is 22.6 Å². The van der Waals surface area contributed by atoms with Crippen molar-refractivity contribution in [1.29, 1.82) is 0 Å². The summed E-state index contributed by atoms with van der Waals surface area (Å²) >= 11 is 0. The Kier molecular flexibility index (Phi) is 9.91. The van der Waals surface area contributed by atoms with Crippen LogP contribution in [0.4, 0.5) is 17.1 Å². The molecule has 0 aliphatic carbocycles. The summed E-state index contributed by atoms with van der Waals surface area (Å²) < 4.78 is 0. The molecule has 1 nitrogen and oxygen atoms in total. The molecule has 0 N–H and O–H groups in total. The molecule has 0 saturated heterocycles. The third-order valence-electron chi connectivity index (χ3n) is 14.0. The van der Waals surface area contributed by atoms with Gasteiger partial charge in [-0.05, 0) is 158 Å². The standard InChI is InChI=1S/C68H45N/c1-3-17-50(18-4-1)67-65-26-12-11-25-62(65)64-42-36-55(45-66(64)68(67)51-19-5-2-6-20-51)53-22-13-23-58(44-53)69(56-37-31-47(32-38-56)54-30-29-46-15-7-8-21-52(46)43-54)57-39-33-49(34-40-57)60-27-14-28-61-59-24-10-9-16-48(59)35-41-63(60)61/h1-45H. The van der Waals surface area contributed by atoms with Gasteiger partial charge in [-0.2, -0.15) is 0 Å². The number of rotatable bonds is 8. The molecular formula is C68H45N. The molecule has 0 aliphatic heterocycles. The molecule has 0 atom stereocenters. The van der Waals surface area contributed by atoms with Crippen molar-refractivity contribution >= 4 is 70.9 Å². The van der Waals surface area contributed by atoms with Crippen LogP contribution in [0.3, 0.4) is 0 Å². The van der Waals surface area contributed by atoms with Gasteiger partial charge in [-0.1, -0.05) is 224 Å². The Labute approximate surface area is 402 Å². The molecule has 13 rings (SSSR count). The fourth-order valence-corrected chi connectivity index (χ4v) is 10.7. The first-order chi connectivity index (χ1) is 34.2. The van der Waals surface area contributed by atoms with Gasteiger partial charge in [-0.15, -0.1) is 0 Å².